The van der Waals surface area contributed by atoms with Gasteiger partial charge >= 0.3 is 0 Å². The second-order valence-electron chi connectivity index (χ2n) is 9.28. The first-order valence-corrected chi connectivity index (χ1v) is 11.1. The minimum absolute atomic E-state index is 0.0177. The minimum atomic E-state index is -1.22. The molecule has 170 valence electrons. The summed E-state index contributed by atoms with van der Waals surface area (Å²) < 4.78 is 1.52. The lowest BCUT2D eigenvalue weighted by atomic mass is 9.72. The molecular formula is C22H33N5O4. The predicted octanol–water partition coefficient (Wildman–Crippen LogP) is 1.83. The molecule has 2 aliphatic rings. The molecule has 2 aliphatic carbocycles. The maximum absolute atomic E-state index is 13.2. The first kappa shape index (κ1) is 23.0. The molecule has 0 aliphatic heterocycles. The third kappa shape index (κ3) is 5.32. The van der Waals surface area contributed by atoms with E-state index in [-0.39, 0.29) is 23.6 Å². The number of aryl methyl sites for hydroxylation is 1. The van der Waals surface area contributed by atoms with Crippen molar-refractivity contribution in [1.82, 2.24) is 20.4 Å². The Hall–Kier alpha value is -2.71. The maximum Gasteiger partial charge on any atom is 0.295 e. The van der Waals surface area contributed by atoms with E-state index in [2.05, 4.69) is 28.0 Å². The molecule has 1 heterocycles. The Morgan fingerprint density at radius 1 is 1.13 bits per heavy atom. The molecule has 1 atom stereocenters. The number of carbonyl (C=O) groups excluding carboxylic acids is 4. The van der Waals surface area contributed by atoms with Crippen LogP contribution < -0.4 is 16.0 Å². The van der Waals surface area contributed by atoms with Crippen LogP contribution in [0.4, 0.5) is 5.82 Å². The topological polar surface area (TPSA) is 122 Å². The fourth-order valence-corrected chi connectivity index (χ4v) is 4.57. The van der Waals surface area contributed by atoms with Crippen LogP contribution in [0.2, 0.25) is 0 Å². The van der Waals surface area contributed by atoms with Crippen LogP contribution in [0.1, 0.15) is 71.6 Å². The molecule has 0 radical (unpaired) electrons. The van der Waals surface area contributed by atoms with Gasteiger partial charge in [-0.3, -0.25) is 23.9 Å². The van der Waals surface area contributed by atoms with Gasteiger partial charge in [-0.1, -0.05) is 26.7 Å². The Labute approximate surface area is 182 Å². The van der Waals surface area contributed by atoms with Crippen LogP contribution in [0, 0.1) is 5.41 Å². The lowest BCUT2D eigenvalue weighted by molar-refractivity contribution is -0.144. The molecule has 1 aromatic heterocycles. The van der Waals surface area contributed by atoms with E-state index < -0.39 is 29.2 Å². The van der Waals surface area contributed by atoms with Crippen LogP contribution in [-0.4, -0.2) is 44.9 Å². The molecule has 2 fully saturated rings. The van der Waals surface area contributed by atoms with E-state index in [4.69, 9.17) is 0 Å². The van der Waals surface area contributed by atoms with Crippen molar-refractivity contribution in [1.29, 1.82) is 0 Å². The van der Waals surface area contributed by atoms with Gasteiger partial charge in [0, 0.05) is 25.7 Å². The van der Waals surface area contributed by atoms with Crippen LogP contribution >= 0.6 is 0 Å². The summed E-state index contributed by atoms with van der Waals surface area (Å²) in [7, 11) is 1.71. The number of nitrogens with zero attached hydrogens (tertiary/aromatic N) is 2. The monoisotopic (exact) mass is 431 g/mol. The van der Waals surface area contributed by atoms with Crippen LogP contribution in [0.5, 0.6) is 0 Å². The number of Topliss-reactive ketones (excluding diaryl/α,β-unsaturated/α-hetero) is 1. The van der Waals surface area contributed by atoms with E-state index in [9.17, 15) is 19.2 Å². The summed E-state index contributed by atoms with van der Waals surface area (Å²) >= 11 is 0. The molecule has 0 saturated heterocycles. The molecule has 2 saturated carbocycles. The number of aromatic nitrogens is 2. The van der Waals surface area contributed by atoms with E-state index in [0.29, 0.717) is 19.3 Å². The molecule has 3 amide bonds. The summed E-state index contributed by atoms with van der Waals surface area (Å²) in [6.07, 6.45) is 8.25. The molecule has 9 nitrogen and oxygen atoms in total. The molecule has 3 N–H and O–H groups in total. The number of rotatable bonds is 9. The molecule has 31 heavy (non-hydrogen) atoms. The predicted molar refractivity (Wildman–Crippen MR) is 115 cm³/mol. The summed E-state index contributed by atoms with van der Waals surface area (Å²) in [5, 5.41) is 12.2. The second-order valence-corrected chi connectivity index (χ2v) is 9.28. The zero-order valence-electron chi connectivity index (χ0n) is 18.6. The molecule has 9 heteroatoms. The number of hydrogen-bond acceptors (Lipinski definition) is 5. The lowest BCUT2D eigenvalue weighted by Crippen LogP contribution is -2.65. The van der Waals surface area contributed by atoms with Gasteiger partial charge in [-0.25, -0.2) is 0 Å². The fourth-order valence-electron chi connectivity index (χ4n) is 4.57. The van der Waals surface area contributed by atoms with E-state index in [1.807, 2.05) is 0 Å². The highest BCUT2D eigenvalue weighted by Crippen LogP contribution is 2.41. The van der Waals surface area contributed by atoms with Crippen molar-refractivity contribution in [2.45, 2.75) is 83.2 Å². The molecule has 0 spiro atoms. The van der Waals surface area contributed by atoms with Crippen LogP contribution in [-0.2, 0) is 26.2 Å². The summed E-state index contributed by atoms with van der Waals surface area (Å²) in [5.74, 6) is -1.79. The van der Waals surface area contributed by atoms with Crippen molar-refractivity contribution >= 4 is 29.3 Å². The van der Waals surface area contributed by atoms with E-state index >= 15 is 0 Å². The van der Waals surface area contributed by atoms with Crippen molar-refractivity contribution in [3.05, 3.63) is 12.3 Å². The number of anilines is 1. The van der Waals surface area contributed by atoms with Crippen LogP contribution in [0.3, 0.4) is 0 Å². The summed E-state index contributed by atoms with van der Waals surface area (Å²) in [6.45, 7) is 3.88. The Morgan fingerprint density at radius 2 is 1.81 bits per heavy atom. The van der Waals surface area contributed by atoms with Gasteiger partial charge < -0.3 is 16.0 Å². The van der Waals surface area contributed by atoms with Crippen molar-refractivity contribution < 1.29 is 19.2 Å². The molecule has 0 aromatic carbocycles. The van der Waals surface area contributed by atoms with Gasteiger partial charge in [-0.2, -0.15) is 5.10 Å². The third-order valence-electron chi connectivity index (χ3n) is 6.65. The molecule has 1 aromatic rings. The van der Waals surface area contributed by atoms with Crippen molar-refractivity contribution in [2.24, 2.45) is 12.5 Å². The zero-order chi connectivity index (χ0) is 22.6. The van der Waals surface area contributed by atoms with Crippen molar-refractivity contribution in [3.8, 4) is 0 Å². The normalized spacial score (nSPS) is 19.7. The van der Waals surface area contributed by atoms with Crippen molar-refractivity contribution in [3.63, 3.8) is 0 Å². The number of carbonyl (C=O) groups is 4. The highest BCUT2D eigenvalue weighted by Gasteiger charge is 2.49. The second kappa shape index (κ2) is 9.20. The van der Waals surface area contributed by atoms with E-state index in [1.54, 1.807) is 26.2 Å². The van der Waals surface area contributed by atoms with Gasteiger partial charge in [-0.05, 0) is 43.9 Å². The average molecular weight is 432 g/mol. The van der Waals surface area contributed by atoms with Gasteiger partial charge in [0.15, 0.2) is 5.82 Å². The number of nitrogens with one attached hydrogen (secondary N) is 3. The Bertz CT molecular complexity index is 852. The summed E-state index contributed by atoms with van der Waals surface area (Å²) in [4.78, 5) is 50.8. The van der Waals surface area contributed by atoms with Gasteiger partial charge in [0.1, 0.15) is 11.6 Å². The molecule has 3 rings (SSSR count). The summed E-state index contributed by atoms with van der Waals surface area (Å²) in [6, 6.07) is 0.871. The molecule has 1 unspecified atom stereocenters. The smallest absolute Gasteiger partial charge is 0.295 e. The Kier molecular flexibility index (Phi) is 6.81. The largest absolute Gasteiger partial charge is 0.344 e. The summed E-state index contributed by atoms with van der Waals surface area (Å²) in [5.41, 5.74) is -1.24. The van der Waals surface area contributed by atoms with Gasteiger partial charge in [0.25, 0.3) is 5.91 Å². The third-order valence-corrected chi connectivity index (χ3v) is 6.65. The molecule has 0 bridgehead atoms. The van der Waals surface area contributed by atoms with E-state index in [0.717, 1.165) is 32.1 Å². The van der Waals surface area contributed by atoms with Gasteiger partial charge in [0.05, 0.1) is 0 Å². The fraction of sp³-hybridized carbons (Fsp3) is 0.682. The average Bonchev–Trinajstić information content (AvgIpc) is 3.31. The first-order valence-electron chi connectivity index (χ1n) is 11.1. The number of amides is 3. The Balaban J connectivity index is 1.70. The number of hydrogen-bond donors (Lipinski definition) is 3. The first-order chi connectivity index (χ1) is 14.7. The van der Waals surface area contributed by atoms with Crippen LogP contribution in [0.25, 0.3) is 0 Å². The Morgan fingerprint density at radius 3 is 2.32 bits per heavy atom. The van der Waals surface area contributed by atoms with E-state index in [1.165, 1.54) is 4.68 Å². The quantitative estimate of drug-likeness (QED) is 0.515. The zero-order valence-corrected chi connectivity index (χ0v) is 18.6. The maximum atomic E-state index is 13.2. The highest BCUT2D eigenvalue weighted by atomic mass is 16.2. The lowest BCUT2D eigenvalue weighted by Gasteiger charge is -2.41. The van der Waals surface area contributed by atoms with Crippen molar-refractivity contribution in [2.75, 3.05) is 5.32 Å². The minimum Gasteiger partial charge on any atom is -0.344 e. The highest BCUT2D eigenvalue weighted by molar-refractivity contribution is 6.44. The standard InChI is InChI=1S/C22H33N5O4/c1-4-17(28)23-15(14-21(2)9-5-6-10-21)19(30)25-22(11-7-12-22)18(29)20(31)24-16-8-13-27(3)26-16/h8,13,15H,4-7,9-12,14H2,1-3H3,(H,23,28)(H,25,30)(H,24,26,31). The number of ketones is 1. The van der Waals surface area contributed by atoms with Gasteiger partial charge in [-0.15, -0.1) is 0 Å². The molecular weight excluding hydrogens is 398 g/mol. The van der Waals surface area contributed by atoms with Gasteiger partial charge in [0.2, 0.25) is 17.6 Å². The SMILES string of the molecule is CCC(=O)NC(CC1(C)CCCC1)C(=O)NC1(C(=O)C(=O)Nc2ccn(C)n2)CCC1. The van der Waals surface area contributed by atoms with Crippen LogP contribution in [0.15, 0.2) is 12.3 Å².